The zero-order valence-electron chi connectivity index (χ0n) is 14.9. The highest BCUT2D eigenvalue weighted by molar-refractivity contribution is 7.91. The summed E-state index contributed by atoms with van der Waals surface area (Å²) in [4.78, 5) is 19.2. The van der Waals surface area contributed by atoms with E-state index in [1.54, 1.807) is 17.0 Å². The smallest absolute Gasteiger partial charge is 0.289 e. The Morgan fingerprint density at radius 3 is 2.81 bits per heavy atom. The second-order valence-electron chi connectivity index (χ2n) is 6.71. The van der Waals surface area contributed by atoms with Gasteiger partial charge in [0.1, 0.15) is 0 Å². The van der Waals surface area contributed by atoms with Gasteiger partial charge in [0.15, 0.2) is 26.4 Å². The number of carbonyl (C=O) groups excluding carboxylic acids is 1. The van der Waals surface area contributed by atoms with Crippen LogP contribution in [-0.2, 0) is 9.84 Å². The first-order valence-corrected chi connectivity index (χ1v) is 11.6. The summed E-state index contributed by atoms with van der Waals surface area (Å²) in [6, 6.07) is 10.9. The number of nitrogens with zero attached hydrogens (tertiary/aromatic N) is 2. The molecule has 1 amide bonds. The van der Waals surface area contributed by atoms with Crippen LogP contribution in [0.15, 0.2) is 40.8 Å². The van der Waals surface area contributed by atoms with Gasteiger partial charge in [0.25, 0.3) is 5.91 Å². The monoisotopic (exact) mass is 404 g/mol. The van der Waals surface area contributed by atoms with E-state index in [0.717, 1.165) is 21.6 Å². The Bertz CT molecular complexity index is 1050. The topological polar surface area (TPSA) is 80.5 Å². The fourth-order valence-electron chi connectivity index (χ4n) is 3.40. The molecule has 1 aliphatic heterocycles. The van der Waals surface area contributed by atoms with Crippen molar-refractivity contribution in [1.29, 1.82) is 0 Å². The Hall–Kier alpha value is -2.19. The highest BCUT2D eigenvalue weighted by Gasteiger charge is 2.35. The minimum absolute atomic E-state index is 0.0319. The molecule has 1 atom stereocenters. The average Bonchev–Trinajstić information content (AvgIpc) is 3.36. The molecule has 0 saturated carbocycles. The molecule has 27 heavy (non-hydrogen) atoms. The Balaban J connectivity index is 1.59. The number of furan rings is 1. The molecule has 0 aliphatic carbocycles. The summed E-state index contributed by atoms with van der Waals surface area (Å²) >= 11 is 1.51. The summed E-state index contributed by atoms with van der Waals surface area (Å²) in [7, 11) is -3.06. The number of rotatable bonds is 5. The second-order valence-corrected chi connectivity index (χ2v) is 9.97. The number of sulfone groups is 1. The van der Waals surface area contributed by atoms with E-state index in [2.05, 4.69) is 4.98 Å². The van der Waals surface area contributed by atoms with E-state index in [0.29, 0.717) is 18.7 Å². The number of carbonyl (C=O) groups is 1. The summed E-state index contributed by atoms with van der Waals surface area (Å²) in [5.41, 5.74) is 0.894. The van der Waals surface area contributed by atoms with Crippen LogP contribution < -0.4 is 0 Å². The third-order valence-electron chi connectivity index (χ3n) is 4.70. The lowest BCUT2D eigenvalue weighted by molar-refractivity contribution is 0.0665. The van der Waals surface area contributed by atoms with Crippen molar-refractivity contribution in [1.82, 2.24) is 9.88 Å². The molecule has 2 aromatic heterocycles. The second kappa shape index (κ2) is 7.09. The predicted molar refractivity (Wildman–Crippen MR) is 106 cm³/mol. The van der Waals surface area contributed by atoms with Gasteiger partial charge in [0.2, 0.25) is 0 Å². The van der Waals surface area contributed by atoms with E-state index in [4.69, 9.17) is 4.42 Å². The molecule has 8 heteroatoms. The predicted octanol–water partition coefficient (Wildman–Crippen LogP) is 3.60. The van der Waals surface area contributed by atoms with Gasteiger partial charge in [0, 0.05) is 12.6 Å². The zero-order chi connectivity index (χ0) is 19.0. The van der Waals surface area contributed by atoms with Gasteiger partial charge in [-0.25, -0.2) is 13.4 Å². The van der Waals surface area contributed by atoms with Crippen molar-refractivity contribution in [3.05, 3.63) is 42.2 Å². The van der Waals surface area contributed by atoms with E-state index in [1.165, 1.54) is 11.3 Å². The van der Waals surface area contributed by atoms with Crippen molar-refractivity contribution in [3.63, 3.8) is 0 Å². The number of thiazole rings is 1. The van der Waals surface area contributed by atoms with Crippen molar-refractivity contribution >= 4 is 37.3 Å². The molecule has 3 aromatic rings. The fraction of sp³-hybridized carbons (Fsp3) is 0.368. The van der Waals surface area contributed by atoms with Gasteiger partial charge >= 0.3 is 0 Å². The number of para-hydroxylation sites is 1. The van der Waals surface area contributed by atoms with Crippen LogP contribution in [0.3, 0.4) is 0 Å². The summed E-state index contributed by atoms with van der Waals surface area (Å²) in [5, 5.41) is 0.723. The van der Waals surface area contributed by atoms with Crippen LogP contribution in [0.25, 0.3) is 21.0 Å². The molecule has 1 aromatic carbocycles. The van der Waals surface area contributed by atoms with Crippen LogP contribution >= 0.6 is 11.3 Å². The molecule has 142 valence electrons. The Morgan fingerprint density at radius 1 is 1.30 bits per heavy atom. The minimum atomic E-state index is -3.06. The number of aromatic nitrogens is 1. The molecular formula is C19H20N2O4S2. The molecule has 4 rings (SSSR count). The molecule has 0 spiro atoms. The van der Waals surface area contributed by atoms with Gasteiger partial charge < -0.3 is 9.32 Å². The summed E-state index contributed by atoms with van der Waals surface area (Å²) in [5.74, 6) is 0.688. The molecule has 6 nitrogen and oxygen atoms in total. The summed E-state index contributed by atoms with van der Waals surface area (Å²) < 4.78 is 30.5. The number of fused-ring (bicyclic) bond motifs is 1. The number of amides is 1. The van der Waals surface area contributed by atoms with Gasteiger partial charge in [-0.2, -0.15) is 0 Å². The molecule has 0 bridgehead atoms. The summed E-state index contributed by atoms with van der Waals surface area (Å²) in [6.45, 7) is 2.48. The number of benzene rings is 1. The third-order valence-corrected chi connectivity index (χ3v) is 7.50. The van der Waals surface area contributed by atoms with Crippen molar-refractivity contribution in [3.8, 4) is 10.8 Å². The first kappa shape index (κ1) is 18.2. The van der Waals surface area contributed by atoms with Gasteiger partial charge in [-0.15, -0.1) is 11.3 Å². The lowest BCUT2D eigenvalue weighted by atomic mass is 10.2. The van der Waals surface area contributed by atoms with Crippen LogP contribution in [0, 0.1) is 0 Å². The highest BCUT2D eigenvalue weighted by Crippen LogP contribution is 2.31. The van der Waals surface area contributed by atoms with Crippen LogP contribution in [0.2, 0.25) is 0 Å². The molecule has 1 unspecified atom stereocenters. The lowest BCUT2D eigenvalue weighted by Crippen LogP contribution is -2.41. The third kappa shape index (κ3) is 3.64. The van der Waals surface area contributed by atoms with Crippen LogP contribution in [-0.4, -0.2) is 48.3 Å². The van der Waals surface area contributed by atoms with E-state index >= 15 is 0 Å². The summed E-state index contributed by atoms with van der Waals surface area (Å²) in [6.07, 6.45) is 1.24. The van der Waals surface area contributed by atoms with E-state index in [9.17, 15) is 13.2 Å². The minimum Gasteiger partial charge on any atom is -0.448 e. The molecule has 1 aliphatic rings. The number of hydrogen-bond donors (Lipinski definition) is 0. The normalized spacial score (nSPS) is 18.8. The van der Waals surface area contributed by atoms with Crippen molar-refractivity contribution in [2.45, 2.75) is 25.8 Å². The standard InChI is InChI=1S/C19H20N2O4S2/c1-2-10-21(13-9-11-27(23,24)12-13)19(22)16-8-7-15(25-16)18-20-14-5-3-4-6-17(14)26-18/h3-8,13H,2,9-12H2,1H3. The SMILES string of the molecule is CCCN(C(=O)c1ccc(-c2nc3ccccc3s2)o1)C1CCS(=O)(=O)C1. The van der Waals surface area contributed by atoms with Crippen molar-refractivity contribution in [2.75, 3.05) is 18.1 Å². The average molecular weight is 405 g/mol. The molecule has 3 heterocycles. The zero-order valence-corrected chi connectivity index (χ0v) is 16.6. The van der Waals surface area contributed by atoms with E-state index in [-0.39, 0.29) is 29.2 Å². The van der Waals surface area contributed by atoms with Crippen LogP contribution in [0.1, 0.15) is 30.3 Å². The highest BCUT2D eigenvalue weighted by atomic mass is 32.2. The van der Waals surface area contributed by atoms with Gasteiger partial charge in [0.05, 0.1) is 21.7 Å². The number of hydrogen-bond acceptors (Lipinski definition) is 6. The molecular weight excluding hydrogens is 384 g/mol. The molecule has 0 N–H and O–H groups in total. The molecule has 0 radical (unpaired) electrons. The van der Waals surface area contributed by atoms with Gasteiger partial charge in [-0.1, -0.05) is 19.1 Å². The van der Waals surface area contributed by atoms with E-state index < -0.39 is 9.84 Å². The Morgan fingerprint density at radius 2 is 2.11 bits per heavy atom. The Labute approximate surface area is 161 Å². The first-order valence-electron chi connectivity index (χ1n) is 8.94. The van der Waals surface area contributed by atoms with Gasteiger partial charge in [-0.05, 0) is 37.1 Å². The fourth-order valence-corrected chi connectivity index (χ4v) is 6.06. The quantitative estimate of drug-likeness (QED) is 0.649. The van der Waals surface area contributed by atoms with Crippen molar-refractivity contribution < 1.29 is 17.6 Å². The van der Waals surface area contributed by atoms with Crippen molar-refractivity contribution in [2.24, 2.45) is 0 Å². The maximum atomic E-state index is 13.0. The van der Waals surface area contributed by atoms with E-state index in [1.807, 2.05) is 31.2 Å². The largest absolute Gasteiger partial charge is 0.448 e. The van der Waals surface area contributed by atoms with Gasteiger partial charge in [-0.3, -0.25) is 4.79 Å². The lowest BCUT2D eigenvalue weighted by Gasteiger charge is -2.26. The maximum Gasteiger partial charge on any atom is 0.289 e. The Kier molecular flexibility index (Phi) is 4.77. The van der Waals surface area contributed by atoms with Crippen LogP contribution in [0.4, 0.5) is 0 Å². The maximum absolute atomic E-state index is 13.0. The van der Waals surface area contributed by atoms with Crippen LogP contribution in [0.5, 0.6) is 0 Å². The molecule has 1 saturated heterocycles. The molecule has 1 fully saturated rings. The first-order chi connectivity index (χ1) is 13.0.